The van der Waals surface area contributed by atoms with Gasteiger partial charge in [0.2, 0.25) is 0 Å². The van der Waals surface area contributed by atoms with E-state index in [-0.39, 0.29) is 25.9 Å². The Morgan fingerprint density at radius 2 is 1.51 bits per heavy atom. The predicted molar refractivity (Wildman–Crippen MR) is 138 cm³/mol. The van der Waals surface area contributed by atoms with Crippen LogP contribution < -0.4 is 5.73 Å². The van der Waals surface area contributed by atoms with E-state index in [0.717, 1.165) is 15.4 Å². The third kappa shape index (κ3) is 10.1. The van der Waals surface area contributed by atoms with Crippen LogP contribution in [0.1, 0.15) is 59.9 Å². The maximum atomic E-state index is 14.3. The van der Waals surface area contributed by atoms with Crippen molar-refractivity contribution in [3.8, 4) is 0 Å². The molecular weight excluding hydrogens is 522 g/mol. The summed E-state index contributed by atoms with van der Waals surface area (Å²) in [5, 5.41) is 10.5. The molecule has 0 radical (unpaired) electrons. The van der Waals surface area contributed by atoms with Crippen molar-refractivity contribution < 1.29 is 41.7 Å². The lowest BCUT2D eigenvalue weighted by atomic mass is 9.94. The molecule has 1 aromatic carbocycles. The molecule has 2 aliphatic rings. The maximum absolute atomic E-state index is 14.3. The zero-order chi connectivity index (χ0) is 29.8. The molecule has 12 heteroatoms. The molecule has 8 nitrogen and oxygen atoms in total. The van der Waals surface area contributed by atoms with Crippen LogP contribution in [0.15, 0.2) is 30.3 Å². The van der Waals surface area contributed by atoms with Crippen molar-refractivity contribution in [2.24, 2.45) is 5.73 Å². The zero-order valence-electron chi connectivity index (χ0n) is 23.4. The molecule has 2 amide bonds. The van der Waals surface area contributed by atoms with Gasteiger partial charge in [0.15, 0.2) is 0 Å². The van der Waals surface area contributed by atoms with Crippen molar-refractivity contribution in [1.82, 2.24) is 9.80 Å². The number of amides is 2. The van der Waals surface area contributed by atoms with Gasteiger partial charge in [0.1, 0.15) is 17.2 Å². The van der Waals surface area contributed by atoms with Crippen molar-refractivity contribution in [3.05, 3.63) is 35.9 Å². The largest absolute Gasteiger partial charge is 0.444 e. The molecule has 0 aromatic heterocycles. The lowest BCUT2D eigenvalue weighted by molar-refractivity contribution is -0.0880. The number of halogens is 4. The van der Waals surface area contributed by atoms with E-state index in [2.05, 4.69) is 0 Å². The molecule has 1 aromatic rings. The highest BCUT2D eigenvalue weighted by atomic mass is 19.3. The summed E-state index contributed by atoms with van der Waals surface area (Å²) in [5.74, 6) is -5.97. The monoisotopic (exact) mass is 563 g/mol. The fourth-order valence-electron chi connectivity index (χ4n) is 4.20. The van der Waals surface area contributed by atoms with Gasteiger partial charge in [-0.15, -0.1) is 0 Å². The van der Waals surface area contributed by atoms with Gasteiger partial charge in [-0.1, -0.05) is 30.3 Å². The normalized spacial score (nSPS) is 22.0. The van der Waals surface area contributed by atoms with Crippen LogP contribution in [-0.2, 0) is 15.9 Å². The standard InChI is InChI=1S/C18H26F2N2O3.C9H15F2NO2/c1-17(2,3)25-16(24)22-10-9-18(19,20)15(22)14(23)13(21)11-12-7-5-4-6-8-12;1-8(2,3)14-7(13)12-5-4-9(10,11)6-12/h4-8,13-15,23H,9-11,21H2,1-3H3;4-6H2,1-3H3/t13-,14-,15-;/m0./s1. The number of ether oxygens (including phenoxy) is 2. The number of aliphatic hydroxyl groups is 1. The van der Waals surface area contributed by atoms with Gasteiger partial charge in [-0.05, 0) is 53.5 Å². The minimum atomic E-state index is -3.22. The van der Waals surface area contributed by atoms with Gasteiger partial charge in [-0.25, -0.2) is 27.2 Å². The minimum Gasteiger partial charge on any atom is -0.444 e. The molecule has 3 atom stereocenters. The van der Waals surface area contributed by atoms with Crippen molar-refractivity contribution >= 4 is 12.2 Å². The first kappa shape index (κ1) is 32.6. The molecule has 2 aliphatic heterocycles. The Kier molecular flexibility index (Phi) is 10.3. The Morgan fingerprint density at radius 1 is 0.974 bits per heavy atom. The molecule has 0 unspecified atom stereocenters. The van der Waals surface area contributed by atoms with Gasteiger partial charge in [-0.3, -0.25) is 4.90 Å². The van der Waals surface area contributed by atoms with Crippen molar-refractivity contribution in [2.75, 3.05) is 19.6 Å². The van der Waals surface area contributed by atoms with Crippen molar-refractivity contribution in [1.29, 1.82) is 0 Å². The van der Waals surface area contributed by atoms with Crippen LogP contribution in [0.3, 0.4) is 0 Å². The van der Waals surface area contributed by atoms with Gasteiger partial charge >= 0.3 is 12.2 Å². The molecule has 3 rings (SSSR count). The molecule has 222 valence electrons. The average molecular weight is 564 g/mol. The van der Waals surface area contributed by atoms with Gasteiger partial charge in [0.25, 0.3) is 11.8 Å². The van der Waals surface area contributed by atoms with Gasteiger partial charge in [0.05, 0.1) is 12.6 Å². The summed E-state index contributed by atoms with van der Waals surface area (Å²) in [5.41, 5.74) is 5.37. The van der Waals surface area contributed by atoms with E-state index in [9.17, 15) is 32.3 Å². The fraction of sp³-hybridized carbons (Fsp3) is 0.704. The summed E-state index contributed by atoms with van der Waals surface area (Å²) in [6, 6.07) is 6.45. The number of alkyl halides is 4. The molecule has 0 aliphatic carbocycles. The first-order chi connectivity index (χ1) is 17.7. The van der Waals surface area contributed by atoms with Gasteiger partial charge in [-0.2, -0.15) is 0 Å². The number of carbonyl (C=O) groups excluding carboxylic acids is 2. The van der Waals surface area contributed by atoms with Crippen LogP contribution in [0.2, 0.25) is 0 Å². The van der Waals surface area contributed by atoms with E-state index >= 15 is 0 Å². The Bertz CT molecular complexity index is 966. The smallest absolute Gasteiger partial charge is 0.410 e. The second-order valence-corrected chi connectivity index (χ2v) is 12.0. The second kappa shape index (κ2) is 12.3. The molecule has 0 spiro atoms. The molecule has 2 heterocycles. The number of nitrogens with zero attached hydrogens (tertiary/aromatic N) is 2. The highest BCUT2D eigenvalue weighted by molar-refractivity contribution is 5.69. The fourth-order valence-corrected chi connectivity index (χ4v) is 4.20. The Morgan fingerprint density at radius 3 is 2.00 bits per heavy atom. The SMILES string of the molecule is CC(C)(C)OC(=O)N1CCC(F)(F)C1.CC(C)(C)OC(=O)N1CCC(F)(F)[C@@H]1[C@@H](O)[C@@H](N)Cc1ccccc1. The topological polar surface area (TPSA) is 105 Å². The first-order valence-electron chi connectivity index (χ1n) is 12.9. The number of nitrogens with two attached hydrogens (primary N) is 1. The van der Waals surface area contributed by atoms with E-state index < -0.39 is 66.4 Å². The molecule has 39 heavy (non-hydrogen) atoms. The van der Waals surface area contributed by atoms with Crippen molar-refractivity contribution in [3.63, 3.8) is 0 Å². The van der Waals surface area contributed by atoms with Crippen LogP contribution in [0.4, 0.5) is 27.2 Å². The number of benzene rings is 1. The zero-order valence-corrected chi connectivity index (χ0v) is 23.4. The number of aliphatic hydroxyl groups excluding tert-OH is 1. The van der Waals surface area contributed by atoms with E-state index in [0.29, 0.717) is 0 Å². The molecule has 0 saturated carbocycles. The van der Waals surface area contributed by atoms with Gasteiger partial charge in [0, 0.05) is 32.0 Å². The predicted octanol–water partition coefficient (Wildman–Crippen LogP) is 4.82. The van der Waals surface area contributed by atoms with E-state index in [1.54, 1.807) is 41.5 Å². The van der Waals surface area contributed by atoms with Crippen LogP contribution in [-0.4, -0.2) is 88.0 Å². The van der Waals surface area contributed by atoms with Crippen LogP contribution >= 0.6 is 0 Å². The van der Waals surface area contributed by atoms with Crippen molar-refractivity contribution in [2.45, 2.75) is 102 Å². The Balaban J connectivity index is 0.000000322. The first-order valence-corrected chi connectivity index (χ1v) is 12.9. The lowest BCUT2D eigenvalue weighted by Crippen LogP contribution is -2.57. The number of hydrogen-bond acceptors (Lipinski definition) is 6. The third-order valence-electron chi connectivity index (χ3n) is 5.98. The molecule has 3 N–H and O–H groups in total. The number of rotatable bonds is 4. The Labute approximate surface area is 227 Å². The number of hydrogen-bond donors (Lipinski definition) is 2. The van der Waals surface area contributed by atoms with Gasteiger partial charge < -0.3 is 25.2 Å². The van der Waals surface area contributed by atoms with Crippen LogP contribution in [0.5, 0.6) is 0 Å². The summed E-state index contributed by atoms with van der Waals surface area (Å²) in [6.07, 6.45) is -3.64. The maximum Gasteiger partial charge on any atom is 0.410 e. The highest BCUT2D eigenvalue weighted by Gasteiger charge is 2.56. The average Bonchev–Trinajstić information content (AvgIpc) is 3.30. The summed E-state index contributed by atoms with van der Waals surface area (Å²) in [4.78, 5) is 25.5. The summed E-state index contributed by atoms with van der Waals surface area (Å²) >= 11 is 0. The molecule has 2 saturated heterocycles. The number of carbonyl (C=O) groups is 2. The third-order valence-corrected chi connectivity index (χ3v) is 5.98. The minimum absolute atomic E-state index is 0.0713. The quantitative estimate of drug-likeness (QED) is 0.509. The highest BCUT2D eigenvalue weighted by Crippen LogP contribution is 2.37. The van der Waals surface area contributed by atoms with E-state index in [4.69, 9.17) is 15.2 Å². The molecular formula is C27H41F4N3O5. The van der Waals surface area contributed by atoms with Crippen LogP contribution in [0.25, 0.3) is 0 Å². The van der Waals surface area contributed by atoms with E-state index in [1.807, 2.05) is 30.3 Å². The molecule has 0 bridgehead atoms. The second-order valence-electron chi connectivity index (χ2n) is 12.0. The summed E-state index contributed by atoms with van der Waals surface area (Å²) in [7, 11) is 0. The van der Waals surface area contributed by atoms with Crippen LogP contribution in [0, 0.1) is 0 Å². The summed E-state index contributed by atoms with van der Waals surface area (Å²) in [6.45, 7) is 9.46. The Hall–Kier alpha value is -2.60. The lowest BCUT2D eigenvalue weighted by Gasteiger charge is -2.35. The number of likely N-dealkylation sites (tertiary alicyclic amines) is 2. The molecule has 2 fully saturated rings. The van der Waals surface area contributed by atoms with E-state index in [1.165, 1.54) is 0 Å². The summed E-state index contributed by atoms with van der Waals surface area (Å²) < 4.78 is 64.3.